The van der Waals surface area contributed by atoms with Crippen molar-refractivity contribution in [1.29, 1.82) is 0 Å². The number of benzene rings is 1. The lowest BCUT2D eigenvalue weighted by Crippen LogP contribution is -2.52. The third-order valence-electron chi connectivity index (χ3n) is 5.17. The van der Waals surface area contributed by atoms with Crippen molar-refractivity contribution in [3.05, 3.63) is 78.4 Å². The number of hydrogen-bond acceptors (Lipinski definition) is 4. The molecule has 0 spiro atoms. The van der Waals surface area contributed by atoms with Crippen LogP contribution in [0.1, 0.15) is 24.0 Å². The van der Waals surface area contributed by atoms with E-state index in [4.69, 9.17) is 0 Å². The predicted octanol–water partition coefficient (Wildman–Crippen LogP) is 2.59. The minimum Gasteiger partial charge on any atom is -0.324 e. The Balaban J connectivity index is 1.48. The van der Waals surface area contributed by atoms with Crippen molar-refractivity contribution in [2.75, 3.05) is 18.4 Å². The van der Waals surface area contributed by atoms with Gasteiger partial charge in [-0.05, 0) is 73.8 Å². The van der Waals surface area contributed by atoms with Crippen LogP contribution in [-0.2, 0) is 16.8 Å². The van der Waals surface area contributed by atoms with Gasteiger partial charge in [0.15, 0.2) is 0 Å². The van der Waals surface area contributed by atoms with E-state index in [2.05, 4.69) is 32.8 Å². The number of carbonyl (C=O) groups excluding carboxylic acids is 1. The molecule has 1 aliphatic heterocycles. The highest BCUT2D eigenvalue weighted by Gasteiger charge is 2.41. The molecule has 3 aromatic rings. The van der Waals surface area contributed by atoms with E-state index in [-0.39, 0.29) is 5.91 Å². The van der Waals surface area contributed by atoms with E-state index in [0.717, 1.165) is 38.0 Å². The number of amides is 1. The summed E-state index contributed by atoms with van der Waals surface area (Å²) in [6, 6.07) is 13.9. The Morgan fingerprint density at radius 2 is 1.74 bits per heavy atom. The predicted molar refractivity (Wildman–Crippen MR) is 104 cm³/mol. The standard InChI is InChI=1S/C21H23N5O/c27-20(21(8-13-23-14-9-21)26-15-1-10-24-26)25-19-4-2-17(3-5-19)16-18-6-11-22-12-7-18/h1-7,10-12,15,23H,8-9,13-14,16H2,(H,25,27). The fourth-order valence-electron chi connectivity index (χ4n) is 3.61. The lowest BCUT2D eigenvalue weighted by molar-refractivity contribution is -0.126. The van der Waals surface area contributed by atoms with Crippen LogP contribution >= 0.6 is 0 Å². The van der Waals surface area contributed by atoms with Gasteiger partial charge in [0.25, 0.3) is 5.91 Å². The van der Waals surface area contributed by atoms with Gasteiger partial charge >= 0.3 is 0 Å². The van der Waals surface area contributed by atoms with Crippen molar-refractivity contribution < 1.29 is 4.79 Å². The Morgan fingerprint density at radius 1 is 1.04 bits per heavy atom. The maximum absolute atomic E-state index is 13.2. The SMILES string of the molecule is O=C(Nc1ccc(Cc2ccncc2)cc1)C1(n2cccn2)CCNCC1. The summed E-state index contributed by atoms with van der Waals surface area (Å²) in [6.07, 6.45) is 9.50. The third-order valence-corrected chi connectivity index (χ3v) is 5.17. The largest absolute Gasteiger partial charge is 0.324 e. The molecule has 0 aliphatic carbocycles. The number of carbonyl (C=O) groups is 1. The quantitative estimate of drug-likeness (QED) is 0.733. The van der Waals surface area contributed by atoms with Crippen molar-refractivity contribution >= 4 is 11.6 Å². The van der Waals surface area contributed by atoms with E-state index in [1.165, 1.54) is 11.1 Å². The van der Waals surface area contributed by atoms with Gasteiger partial charge in [0.1, 0.15) is 5.54 Å². The fraction of sp³-hybridized carbons (Fsp3) is 0.286. The minimum atomic E-state index is -0.634. The number of pyridine rings is 1. The van der Waals surface area contributed by atoms with Gasteiger partial charge in [-0.3, -0.25) is 14.5 Å². The van der Waals surface area contributed by atoms with Gasteiger partial charge in [-0.25, -0.2) is 0 Å². The molecule has 0 radical (unpaired) electrons. The maximum atomic E-state index is 13.2. The molecule has 1 saturated heterocycles. The Labute approximate surface area is 158 Å². The zero-order valence-corrected chi connectivity index (χ0v) is 15.1. The smallest absolute Gasteiger partial charge is 0.252 e. The fourth-order valence-corrected chi connectivity index (χ4v) is 3.61. The van der Waals surface area contributed by atoms with Crippen molar-refractivity contribution in [1.82, 2.24) is 20.1 Å². The number of aromatic nitrogens is 3. The molecular formula is C21H23N5O. The van der Waals surface area contributed by atoms with Gasteiger partial charge in [-0.1, -0.05) is 12.1 Å². The average molecular weight is 361 g/mol. The summed E-state index contributed by atoms with van der Waals surface area (Å²) in [5.41, 5.74) is 2.59. The molecule has 27 heavy (non-hydrogen) atoms. The highest BCUT2D eigenvalue weighted by atomic mass is 16.2. The minimum absolute atomic E-state index is 0.00502. The number of nitrogens with one attached hydrogen (secondary N) is 2. The van der Waals surface area contributed by atoms with Crippen LogP contribution in [0.3, 0.4) is 0 Å². The number of rotatable bonds is 5. The zero-order chi connectivity index (χ0) is 18.5. The first-order valence-corrected chi connectivity index (χ1v) is 9.26. The van der Waals surface area contributed by atoms with E-state index in [9.17, 15) is 4.79 Å². The van der Waals surface area contributed by atoms with Gasteiger partial charge in [-0.2, -0.15) is 5.10 Å². The highest BCUT2D eigenvalue weighted by molar-refractivity contribution is 5.96. The van der Waals surface area contributed by atoms with E-state index >= 15 is 0 Å². The molecule has 6 nitrogen and oxygen atoms in total. The molecule has 3 heterocycles. The molecule has 0 saturated carbocycles. The molecule has 6 heteroatoms. The van der Waals surface area contributed by atoms with Crippen LogP contribution in [0.4, 0.5) is 5.69 Å². The third kappa shape index (κ3) is 3.75. The van der Waals surface area contributed by atoms with Crippen LogP contribution in [0.25, 0.3) is 0 Å². The summed E-state index contributed by atoms with van der Waals surface area (Å²) in [5, 5.41) is 10.8. The zero-order valence-electron chi connectivity index (χ0n) is 15.1. The second-order valence-corrected chi connectivity index (χ2v) is 6.92. The Bertz CT molecular complexity index is 869. The topological polar surface area (TPSA) is 71.8 Å². The van der Waals surface area contributed by atoms with Gasteiger partial charge in [0.2, 0.25) is 0 Å². The number of hydrogen-bond donors (Lipinski definition) is 2. The van der Waals surface area contributed by atoms with Crippen molar-refractivity contribution in [2.45, 2.75) is 24.8 Å². The Kier molecular flexibility index (Phi) is 4.98. The summed E-state index contributed by atoms with van der Waals surface area (Å²) in [6.45, 7) is 1.61. The van der Waals surface area contributed by atoms with E-state index in [0.29, 0.717) is 0 Å². The lowest BCUT2D eigenvalue weighted by atomic mass is 9.87. The van der Waals surface area contributed by atoms with E-state index in [1.54, 1.807) is 23.3 Å². The molecule has 1 aromatic carbocycles. The first-order valence-electron chi connectivity index (χ1n) is 9.26. The van der Waals surface area contributed by atoms with Gasteiger partial charge in [0.05, 0.1) is 0 Å². The average Bonchev–Trinajstić information content (AvgIpc) is 3.26. The van der Waals surface area contributed by atoms with Crippen LogP contribution < -0.4 is 10.6 Å². The second kappa shape index (κ2) is 7.72. The molecule has 1 fully saturated rings. The van der Waals surface area contributed by atoms with E-state index in [1.807, 2.05) is 36.5 Å². The van der Waals surface area contributed by atoms with Crippen LogP contribution in [0.2, 0.25) is 0 Å². The van der Waals surface area contributed by atoms with Crippen molar-refractivity contribution in [3.8, 4) is 0 Å². The molecule has 4 rings (SSSR count). The second-order valence-electron chi connectivity index (χ2n) is 6.92. The Morgan fingerprint density at radius 3 is 2.41 bits per heavy atom. The molecule has 0 unspecified atom stereocenters. The Hall–Kier alpha value is -2.99. The van der Waals surface area contributed by atoms with Crippen molar-refractivity contribution in [2.24, 2.45) is 0 Å². The normalized spacial score (nSPS) is 16.0. The van der Waals surface area contributed by atoms with Crippen molar-refractivity contribution in [3.63, 3.8) is 0 Å². The molecule has 2 aromatic heterocycles. The summed E-state index contributed by atoms with van der Waals surface area (Å²) >= 11 is 0. The van der Waals surface area contributed by atoms with Crippen LogP contribution in [-0.4, -0.2) is 33.8 Å². The highest BCUT2D eigenvalue weighted by Crippen LogP contribution is 2.28. The number of anilines is 1. The van der Waals surface area contributed by atoms with Gasteiger partial charge in [0, 0.05) is 30.5 Å². The lowest BCUT2D eigenvalue weighted by Gasteiger charge is -2.36. The first kappa shape index (κ1) is 17.4. The molecule has 2 N–H and O–H groups in total. The molecule has 1 aliphatic rings. The number of piperidine rings is 1. The molecule has 1 amide bonds. The monoisotopic (exact) mass is 361 g/mol. The summed E-state index contributed by atoms with van der Waals surface area (Å²) in [7, 11) is 0. The molecule has 138 valence electrons. The van der Waals surface area contributed by atoms with Gasteiger partial charge in [-0.15, -0.1) is 0 Å². The number of nitrogens with zero attached hydrogens (tertiary/aromatic N) is 3. The van der Waals surface area contributed by atoms with E-state index < -0.39 is 5.54 Å². The first-order chi connectivity index (χ1) is 13.3. The molecule has 0 atom stereocenters. The van der Waals surface area contributed by atoms with Gasteiger partial charge < -0.3 is 10.6 Å². The van der Waals surface area contributed by atoms with Crippen LogP contribution in [0, 0.1) is 0 Å². The summed E-state index contributed by atoms with van der Waals surface area (Å²) < 4.78 is 1.81. The van der Waals surface area contributed by atoms with Crippen LogP contribution in [0.5, 0.6) is 0 Å². The summed E-state index contributed by atoms with van der Waals surface area (Å²) in [4.78, 5) is 17.2. The van der Waals surface area contributed by atoms with Crippen LogP contribution in [0.15, 0.2) is 67.3 Å². The molecule has 0 bridgehead atoms. The molecular weight excluding hydrogens is 338 g/mol. The maximum Gasteiger partial charge on any atom is 0.252 e. The summed E-state index contributed by atoms with van der Waals surface area (Å²) in [5.74, 6) is -0.00502.